The van der Waals surface area contributed by atoms with E-state index in [-0.39, 0.29) is 5.91 Å². The van der Waals surface area contributed by atoms with Crippen molar-refractivity contribution < 1.29 is 4.79 Å². The van der Waals surface area contributed by atoms with E-state index in [1.807, 2.05) is 17.0 Å². The average Bonchev–Trinajstić information content (AvgIpc) is 2.94. The lowest BCUT2D eigenvalue weighted by molar-refractivity contribution is 0.0291. The van der Waals surface area contributed by atoms with Gasteiger partial charge in [-0.3, -0.25) is 14.7 Å². The van der Waals surface area contributed by atoms with Gasteiger partial charge in [-0.05, 0) is 63.1 Å². The predicted molar refractivity (Wildman–Crippen MR) is 90.3 cm³/mol. The van der Waals surface area contributed by atoms with Gasteiger partial charge < -0.3 is 4.90 Å². The minimum Gasteiger partial charge on any atom is -0.339 e. The van der Waals surface area contributed by atoms with Crippen molar-refractivity contribution in [2.75, 3.05) is 26.2 Å². The maximum atomic E-state index is 12.6. The van der Waals surface area contributed by atoms with Crippen LogP contribution in [0.25, 0.3) is 0 Å². The van der Waals surface area contributed by atoms with Gasteiger partial charge in [0.15, 0.2) is 0 Å². The molecular weight excluding hydrogens is 286 g/mol. The monoisotopic (exact) mass is 313 g/mol. The Labute approximate surface area is 138 Å². The summed E-state index contributed by atoms with van der Waals surface area (Å²) < 4.78 is 0. The Kier molecular flexibility index (Phi) is 4.10. The van der Waals surface area contributed by atoms with Crippen LogP contribution in [0.5, 0.6) is 0 Å². The SMILES string of the molecule is O=C(c1ccncc1)N1CCC2(CCCN2CC2CCC2)CC1. The molecule has 2 aliphatic heterocycles. The van der Waals surface area contributed by atoms with Crippen LogP contribution >= 0.6 is 0 Å². The quantitative estimate of drug-likeness (QED) is 0.861. The van der Waals surface area contributed by atoms with Gasteiger partial charge >= 0.3 is 0 Å². The fraction of sp³-hybridized carbons (Fsp3) is 0.684. The molecule has 1 spiro atoms. The molecule has 0 aromatic carbocycles. The third kappa shape index (κ3) is 2.89. The molecule has 0 unspecified atom stereocenters. The number of hydrogen-bond acceptors (Lipinski definition) is 3. The van der Waals surface area contributed by atoms with Crippen molar-refractivity contribution >= 4 is 5.91 Å². The Morgan fingerprint density at radius 3 is 2.48 bits per heavy atom. The second kappa shape index (κ2) is 6.23. The standard InChI is InChI=1S/C19H27N3O/c23-18(17-5-10-20-11-6-17)21-13-8-19(9-14-21)7-2-12-22(19)15-16-3-1-4-16/h5-6,10-11,16H,1-4,7-9,12-15H2. The Balaban J connectivity index is 1.39. The average molecular weight is 313 g/mol. The molecule has 0 atom stereocenters. The Bertz CT molecular complexity index is 547. The summed E-state index contributed by atoms with van der Waals surface area (Å²) in [5.74, 6) is 1.12. The first-order valence-corrected chi connectivity index (χ1v) is 9.21. The summed E-state index contributed by atoms with van der Waals surface area (Å²) in [6.07, 6.45) is 12.7. The van der Waals surface area contributed by atoms with Gasteiger partial charge in [0.2, 0.25) is 0 Å². The number of likely N-dealkylation sites (tertiary alicyclic amines) is 2. The fourth-order valence-corrected chi connectivity index (χ4v) is 4.64. The maximum Gasteiger partial charge on any atom is 0.253 e. The summed E-state index contributed by atoms with van der Waals surface area (Å²) in [6, 6.07) is 3.65. The Morgan fingerprint density at radius 2 is 1.83 bits per heavy atom. The van der Waals surface area contributed by atoms with E-state index in [1.165, 1.54) is 45.2 Å². The number of amides is 1. The second-order valence-corrected chi connectivity index (χ2v) is 7.60. The van der Waals surface area contributed by atoms with E-state index in [4.69, 9.17) is 0 Å². The first-order valence-electron chi connectivity index (χ1n) is 9.21. The van der Waals surface area contributed by atoms with Crippen LogP contribution in [0.3, 0.4) is 0 Å². The lowest BCUT2D eigenvalue weighted by Gasteiger charge is -2.47. The number of aromatic nitrogens is 1. The molecule has 2 saturated heterocycles. The number of nitrogens with zero attached hydrogens (tertiary/aromatic N) is 3. The highest BCUT2D eigenvalue weighted by Crippen LogP contribution is 2.41. The van der Waals surface area contributed by atoms with Gasteiger partial charge in [-0.1, -0.05) is 6.42 Å². The lowest BCUT2D eigenvalue weighted by Crippen LogP contribution is -2.54. The summed E-state index contributed by atoms with van der Waals surface area (Å²) in [7, 11) is 0. The van der Waals surface area contributed by atoms with E-state index in [9.17, 15) is 4.79 Å². The van der Waals surface area contributed by atoms with E-state index in [1.54, 1.807) is 12.4 Å². The van der Waals surface area contributed by atoms with Crippen molar-refractivity contribution in [2.45, 2.75) is 50.5 Å². The fourth-order valence-electron chi connectivity index (χ4n) is 4.64. The molecule has 3 aliphatic rings. The molecule has 4 rings (SSSR count). The molecule has 4 nitrogen and oxygen atoms in total. The third-order valence-electron chi connectivity index (χ3n) is 6.35. The van der Waals surface area contributed by atoms with E-state index in [0.29, 0.717) is 5.54 Å². The number of pyridine rings is 1. The summed E-state index contributed by atoms with van der Waals surface area (Å²) in [5.41, 5.74) is 1.17. The van der Waals surface area contributed by atoms with Gasteiger partial charge in [0.25, 0.3) is 5.91 Å². The third-order valence-corrected chi connectivity index (χ3v) is 6.35. The molecule has 0 radical (unpaired) electrons. The van der Waals surface area contributed by atoms with Crippen LogP contribution < -0.4 is 0 Å². The molecule has 3 heterocycles. The summed E-state index contributed by atoms with van der Waals surface area (Å²) >= 11 is 0. The molecule has 1 amide bonds. The predicted octanol–water partition coefficient (Wildman–Crippen LogP) is 2.95. The number of piperidine rings is 1. The van der Waals surface area contributed by atoms with E-state index in [2.05, 4.69) is 9.88 Å². The highest BCUT2D eigenvalue weighted by atomic mass is 16.2. The van der Waals surface area contributed by atoms with Crippen molar-refractivity contribution in [3.63, 3.8) is 0 Å². The molecule has 0 bridgehead atoms. The minimum atomic E-state index is 0.172. The van der Waals surface area contributed by atoms with Crippen LogP contribution in [-0.2, 0) is 0 Å². The number of carbonyl (C=O) groups excluding carboxylic acids is 1. The van der Waals surface area contributed by atoms with Gasteiger partial charge in [-0.25, -0.2) is 0 Å². The van der Waals surface area contributed by atoms with Crippen LogP contribution in [0.4, 0.5) is 0 Å². The smallest absolute Gasteiger partial charge is 0.253 e. The molecule has 23 heavy (non-hydrogen) atoms. The van der Waals surface area contributed by atoms with Crippen molar-refractivity contribution in [2.24, 2.45) is 5.92 Å². The first kappa shape index (κ1) is 15.1. The Hall–Kier alpha value is -1.42. The highest BCUT2D eigenvalue weighted by molar-refractivity contribution is 5.94. The summed E-state index contributed by atoms with van der Waals surface area (Å²) in [6.45, 7) is 4.39. The molecule has 1 aromatic rings. The summed E-state index contributed by atoms with van der Waals surface area (Å²) in [4.78, 5) is 21.4. The van der Waals surface area contributed by atoms with Crippen LogP contribution in [0.15, 0.2) is 24.5 Å². The maximum absolute atomic E-state index is 12.6. The normalized spacial score (nSPS) is 24.8. The number of hydrogen-bond donors (Lipinski definition) is 0. The van der Waals surface area contributed by atoms with Gasteiger partial charge in [0.05, 0.1) is 0 Å². The summed E-state index contributed by atoms with van der Waals surface area (Å²) in [5, 5.41) is 0. The lowest BCUT2D eigenvalue weighted by atomic mass is 9.81. The van der Waals surface area contributed by atoms with Crippen LogP contribution in [-0.4, -0.2) is 52.4 Å². The molecule has 1 aromatic heterocycles. The highest BCUT2D eigenvalue weighted by Gasteiger charge is 2.44. The Morgan fingerprint density at radius 1 is 1.09 bits per heavy atom. The number of rotatable bonds is 3. The zero-order valence-corrected chi connectivity index (χ0v) is 13.9. The van der Waals surface area contributed by atoms with E-state index in [0.717, 1.165) is 37.4 Å². The molecule has 3 fully saturated rings. The van der Waals surface area contributed by atoms with Crippen LogP contribution in [0, 0.1) is 5.92 Å². The number of carbonyl (C=O) groups is 1. The van der Waals surface area contributed by atoms with Gasteiger partial charge in [0, 0.05) is 43.1 Å². The van der Waals surface area contributed by atoms with Crippen molar-refractivity contribution in [1.82, 2.24) is 14.8 Å². The van der Waals surface area contributed by atoms with Crippen LogP contribution in [0.2, 0.25) is 0 Å². The van der Waals surface area contributed by atoms with Crippen molar-refractivity contribution in [1.29, 1.82) is 0 Å². The van der Waals surface area contributed by atoms with Crippen molar-refractivity contribution in [3.8, 4) is 0 Å². The molecule has 4 heteroatoms. The zero-order chi connectivity index (χ0) is 15.7. The minimum absolute atomic E-state index is 0.172. The van der Waals surface area contributed by atoms with Gasteiger partial charge in [-0.15, -0.1) is 0 Å². The second-order valence-electron chi connectivity index (χ2n) is 7.60. The largest absolute Gasteiger partial charge is 0.339 e. The molecule has 124 valence electrons. The molecule has 0 N–H and O–H groups in total. The molecule has 1 aliphatic carbocycles. The topological polar surface area (TPSA) is 36.4 Å². The van der Waals surface area contributed by atoms with Crippen molar-refractivity contribution in [3.05, 3.63) is 30.1 Å². The van der Waals surface area contributed by atoms with E-state index >= 15 is 0 Å². The first-order chi connectivity index (χ1) is 11.3. The zero-order valence-electron chi connectivity index (χ0n) is 13.9. The van der Waals surface area contributed by atoms with Crippen LogP contribution in [0.1, 0.15) is 55.3 Å². The van der Waals surface area contributed by atoms with Gasteiger partial charge in [-0.2, -0.15) is 0 Å². The van der Waals surface area contributed by atoms with Gasteiger partial charge in [0.1, 0.15) is 0 Å². The van der Waals surface area contributed by atoms with E-state index < -0.39 is 0 Å². The molecule has 1 saturated carbocycles. The molecular formula is C19H27N3O.